The summed E-state index contributed by atoms with van der Waals surface area (Å²) in [5, 5.41) is 10.5. The monoisotopic (exact) mass is 275 g/mol. The van der Waals surface area contributed by atoms with E-state index in [1.54, 1.807) is 30.5 Å². The van der Waals surface area contributed by atoms with Gasteiger partial charge in [0.15, 0.2) is 0 Å². The zero-order chi connectivity index (χ0) is 13.7. The summed E-state index contributed by atoms with van der Waals surface area (Å²) in [6, 6.07) is 12.4. The summed E-state index contributed by atoms with van der Waals surface area (Å²) < 4.78 is 5.29. The van der Waals surface area contributed by atoms with Crippen molar-refractivity contribution >= 4 is 23.5 Å². The van der Waals surface area contributed by atoms with E-state index in [0.29, 0.717) is 23.1 Å². The van der Waals surface area contributed by atoms with Gasteiger partial charge in [-0.25, -0.2) is 0 Å². The second-order valence-electron chi connectivity index (χ2n) is 3.86. The number of aromatic hydroxyl groups is 1. The standard InChI is InChI=1S/C15H14ClNO2/c1-2-19-12-7-8-14(15(18)9-12)17-10-11-5-3-4-6-13(11)16/h3-10,18H,2H2,1H3. The van der Waals surface area contributed by atoms with Crippen LogP contribution in [0, 0.1) is 0 Å². The third kappa shape index (κ3) is 3.48. The molecule has 1 N–H and O–H groups in total. The van der Waals surface area contributed by atoms with Gasteiger partial charge in [-0.1, -0.05) is 29.8 Å². The molecule has 0 atom stereocenters. The maximum atomic E-state index is 9.84. The number of benzene rings is 2. The number of hydrogen-bond acceptors (Lipinski definition) is 3. The number of halogens is 1. The van der Waals surface area contributed by atoms with E-state index in [4.69, 9.17) is 16.3 Å². The fourth-order valence-corrected chi connectivity index (χ4v) is 1.77. The average Bonchev–Trinajstić information content (AvgIpc) is 2.40. The van der Waals surface area contributed by atoms with E-state index < -0.39 is 0 Å². The smallest absolute Gasteiger partial charge is 0.144 e. The van der Waals surface area contributed by atoms with Gasteiger partial charge in [-0.3, -0.25) is 4.99 Å². The highest BCUT2D eigenvalue weighted by atomic mass is 35.5. The summed E-state index contributed by atoms with van der Waals surface area (Å²) in [6.45, 7) is 2.45. The molecule has 0 spiro atoms. The molecule has 0 aliphatic carbocycles. The molecule has 0 amide bonds. The van der Waals surface area contributed by atoms with Gasteiger partial charge in [-0.15, -0.1) is 0 Å². The number of hydrogen-bond donors (Lipinski definition) is 1. The topological polar surface area (TPSA) is 41.8 Å². The number of ether oxygens (including phenoxy) is 1. The SMILES string of the molecule is CCOc1ccc(N=Cc2ccccc2Cl)c(O)c1. The minimum atomic E-state index is 0.0780. The molecule has 19 heavy (non-hydrogen) atoms. The van der Waals surface area contributed by atoms with Crippen LogP contribution in [0.1, 0.15) is 12.5 Å². The van der Waals surface area contributed by atoms with Crippen molar-refractivity contribution in [3.05, 3.63) is 53.1 Å². The molecule has 2 rings (SSSR count). The molecule has 0 fully saturated rings. The summed E-state index contributed by atoms with van der Waals surface area (Å²) >= 11 is 6.02. The molecule has 0 saturated heterocycles. The van der Waals surface area contributed by atoms with E-state index >= 15 is 0 Å². The fraction of sp³-hybridized carbons (Fsp3) is 0.133. The molecule has 3 nitrogen and oxygen atoms in total. The normalized spacial score (nSPS) is 10.8. The van der Waals surface area contributed by atoms with Gasteiger partial charge in [0, 0.05) is 22.9 Å². The van der Waals surface area contributed by atoms with Gasteiger partial charge < -0.3 is 9.84 Å². The van der Waals surface area contributed by atoms with Gasteiger partial charge in [-0.2, -0.15) is 0 Å². The van der Waals surface area contributed by atoms with Crippen LogP contribution in [0.2, 0.25) is 5.02 Å². The highest BCUT2D eigenvalue weighted by Crippen LogP contribution is 2.30. The molecule has 98 valence electrons. The Bertz CT molecular complexity index is 596. The second-order valence-corrected chi connectivity index (χ2v) is 4.27. The van der Waals surface area contributed by atoms with Crippen molar-refractivity contribution in [2.45, 2.75) is 6.92 Å². The molecule has 4 heteroatoms. The lowest BCUT2D eigenvalue weighted by Gasteiger charge is -2.04. The molecule has 0 radical (unpaired) electrons. The molecular weight excluding hydrogens is 262 g/mol. The van der Waals surface area contributed by atoms with E-state index in [-0.39, 0.29) is 5.75 Å². The summed E-state index contributed by atoms with van der Waals surface area (Å²) in [5.41, 5.74) is 1.28. The molecule has 0 heterocycles. The molecule has 0 aliphatic rings. The maximum absolute atomic E-state index is 9.84. The van der Waals surface area contributed by atoms with Crippen LogP contribution in [0.15, 0.2) is 47.5 Å². The molecule has 2 aromatic carbocycles. The van der Waals surface area contributed by atoms with E-state index in [1.165, 1.54) is 0 Å². The van der Waals surface area contributed by atoms with Gasteiger partial charge in [0.2, 0.25) is 0 Å². The van der Waals surface area contributed by atoms with E-state index in [2.05, 4.69) is 4.99 Å². The minimum absolute atomic E-state index is 0.0780. The van der Waals surface area contributed by atoms with Gasteiger partial charge in [-0.05, 0) is 25.1 Å². The molecular formula is C15H14ClNO2. The third-order valence-electron chi connectivity index (χ3n) is 2.51. The zero-order valence-electron chi connectivity index (χ0n) is 10.5. The Kier molecular flexibility index (Phi) is 4.42. The Labute approximate surface area is 117 Å². The van der Waals surface area contributed by atoms with Crippen molar-refractivity contribution < 1.29 is 9.84 Å². The maximum Gasteiger partial charge on any atom is 0.144 e. The largest absolute Gasteiger partial charge is 0.506 e. The summed E-state index contributed by atoms with van der Waals surface area (Å²) in [4.78, 5) is 4.22. The fourth-order valence-electron chi connectivity index (χ4n) is 1.59. The summed E-state index contributed by atoms with van der Waals surface area (Å²) in [7, 11) is 0. The molecule has 0 unspecified atom stereocenters. The number of aliphatic imine (C=N–C) groups is 1. The van der Waals surface area contributed by atoms with E-state index in [0.717, 1.165) is 5.56 Å². The number of rotatable bonds is 4. The first-order valence-corrected chi connectivity index (χ1v) is 6.33. The lowest BCUT2D eigenvalue weighted by Crippen LogP contribution is -1.90. The van der Waals surface area contributed by atoms with Crippen LogP contribution in [0.4, 0.5) is 5.69 Å². The molecule has 0 saturated carbocycles. The quantitative estimate of drug-likeness (QED) is 0.850. The molecule has 2 aromatic rings. The predicted octanol–water partition coefficient (Wildman–Crippen LogP) is 4.19. The van der Waals surface area contributed by atoms with Gasteiger partial charge in [0.05, 0.1) is 6.61 Å². The van der Waals surface area contributed by atoms with Crippen molar-refractivity contribution in [3.8, 4) is 11.5 Å². The number of phenolic OH excluding ortho intramolecular Hbond substituents is 1. The van der Waals surface area contributed by atoms with Crippen LogP contribution in [0.3, 0.4) is 0 Å². The Morgan fingerprint density at radius 1 is 1.26 bits per heavy atom. The Morgan fingerprint density at radius 3 is 2.74 bits per heavy atom. The van der Waals surface area contributed by atoms with Crippen molar-refractivity contribution in [2.24, 2.45) is 4.99 Å². The van der Waals surface area contributed by atoms with Crippen LogP contribution >= 0.6 is 11.6 Å². The molecule has 0 aromatic heterocycles. The third-order valence-corrected chi connectivity index (χ3v) is 2.85. The van der Waals surface area contributed by atoms with Crippen LogP contribution in [0.5, 0.6) is 11.5 Å². The lowest BCUT2D eigenvalue weighted by atomic mass is 10.2. The molecule has 0 bridgehead atoms. The summed E-state index contributed by atoms with van der Waals surface area (Å²) in [6.07, 6.45) is 1.62. The Hall–Kier alpha value is -2.00. The average molecular weight is 276 g/mol. The van der Waals surface area contributed by atoms with Gasteiger partial charge in [0.25, 0.3) is 0 Å². The lowest BCUT2D eigenvalue weighted by molar-refractivity contribution is 0.338. The number of phenols is 1. The predicted molar refractivity (Wildman–Crippen MR) is 78.0 cm³/mol. The first kappa shape index (κ1) is 13.4. The van der Waals surface area contributed by atoms with Crippen LogP contribution < -0.4 is 4.74 Å². The summed E-state index contributed by atoms with van der Waals surface area (Å²) in [5.74, 6) is 0.700. The Balaban J connectivity index is 2.22. The number of nitrogens with zero attached hydrogens (tertiary/aromatic N) is 1. The van der Waals surface area contributed by atoms with Crippen molar-refractivity contribution in [3.63, 3.8) is 0 Å². The van der Waals surface area contributed by atoms with Crippen LogP contribution in [-0.4, -0.2) is 17.9 Å². The van der Waals surface area contributed by atoms with E-state index in [1.807, 2.05) is 25.1 Å². The van der Waals surface area contributed by atoms with Crippen LogP contribution in [-0.2, 0) is 0 Å². The van der Waals surface area contributed by atoms with Crippen molar-refractivity contribution in [2.75, 3.05) is 6.61 Å². The van der Waals surface area contributed by atoms with Crippen molar-refractivity contribution in [1.82, 2.24) is 0 Å². The van der Waals surface area contributed by atoms with Gasteiger partial charge in [0.1, 0.15) is 17.2 Å². The Morgan fingerprint density at radius 2 is 2.05 bits per heavy atom. The van der Waals surface area contributed by atoms with Crippen LogP contribution in [0.25, 0.3) is 0 Å². The highest BCUT2D eigenvalue weighted by molar-refractivity contribution is 6.33. The van der Waals surface area contributed by atoms with Crippen molar-refractivity contribution in [1.29, 1.82) is 0 Å². The minimum Gasteiger partial charge on any atom is -0.506 e. The first-order valence-electron chi connectivity index (χ1n) is 5.95. The molecule has 0 aliphatic heterocycles. The van der Waals surface area contributed by atoms with Gasteiger partial charge >= 0.3 is 0 Å². The first-order chi connectivity index (χ1) is 9.20. The van der Waals surface area contributed by atoms with E-state index in [9.17, 15) is 5.11 Å². The highest BCUT2D eigenvalue weighted by Gasteiger charge is 2.02. The second kappa shape index (κ2) is 6.25. The zero-order valence-corrected chi connectivity index (χ0v) is 11.3.